The Balaban J connectivity index is 1.28. The van der Waals surface area contributed by atoms with Gasteiger partial charge in [0.05, 0.1) is 25.5 Å². The fourth-order valence-electron chi connectivity index (χ4n) is 16.2. The Morgan fingerprint density at radius 3 is 1.83 bits per heavy atom. The average Bonchev–Trinajstić information content (AvgIpc) is 1.77. The number of fused-ring (bicyclic) bond motifs is 2. The van der Waals surface area contributed by atoms with Gasteiger partial charge < -0.3 is 64.8 Å². The van der Waals surface area contributed by atoms with Crippen LogP contribution in [0.4, 0.5) is 26.3 Å². The number of carbonyl (C=O) groups excluding carboxylic acids is 12. The zero-order valence-corrected chi connectivity index (χ0v) is 62.6. The molecule has 4 heterocycles. The highest BCUT2D eigenvalue weighted by molar-refractivity contribution is 6.21. The summed E-state index contributed by atoms with van der Waals surface area (Å²) in [4.78, 5) is 190. The second-order valence-electron chi connectivity index (χ2n) is 30.6. The molecule has 32 heteroatoms. The number of amides is 12. The van der Waals surface area contributed by atoms with Gasteiger partial charge in [-0.3, -0.25) is 57.5 Å². The van der Waals surface area contributed by atoms with Crippen molar-refractivity contribution >= 4 is 82.5 Å². The molecule has 0 aromatic heterocycles. The van der Waals surface area contributed by atoms with E-state index in [2.05, 4.69) is 16.0 Å². The molecule has 7 aliphatic rings. The normalized spacial score (nSPS) is 30.6. The van der Waals surface area contributed by atoms with E-state index in [4.69, 9.17) is 16.3 Å². The molecule has 13 atom stereocenters. The molecule has 12 amide bonds. The summed E-state index contributed by atoms with van der Waals surface area (Å²) in [5.41, 5.74) is -1.65. The number of likely N-dealkylation sites (tertiary alicyclic amines) is 1. The molecule has 0 bridgehead atoms. The molecule has 25 nitrogen and oxygen atoms in total. The van der Waals surface area contributed by atoms with E-state index in [1.165, 1.54) is 66.7 Å². The summed E-state index contributed by atoms with van der Waals surface area (Å²) in [6.07, 6.45) is -2.14. The van der Waals surface area contributed by atoms with Gasteiger partial charge in [0.1, 0.15) is 66.5 Å². The first-order valence-corrected chi connectivity index (χ1v) is 37.5. The third-order valence-electron chi connectivity index (χ3n) is 23.1. The van der Waals surface area contributed by atoms with Crippen molar-refractivity contribution in [3.63, 3.8) is 0 Å². The van der Waals surface area contributed by atoms with Gasteiger partial charge in [0.2, 0.25) is 70.9 Å². The predicted molar refractivity (Wildman–Crippen MR) is 367 cm³/mol. The first-order valence-electron chi connectivity index (χ1n) is 37.1. The maximum Gasteiger partial charge on any atom is 0.411 e. The predicted octanol–water partition coefficient (Wildman–Crippen LogP) is 5.62. The number of ether oxygens (including phenoxy) is 1. The first-order chi connectivity index (χ1) is 48.3. The monoisotopic (exact) mass is 1490 g/mol. The molecule has 0 aromatic carbocycles. The second-order valence-corrected chi connectivity index (χ2v) is 31.1. The standard InChI is InChI=1S/C71H111ClF6N12O13/c1-12-43(4)57-66(100)83(7)44(5)61(95)90-35-29-51(90)64(98)85(9)52(37-45-22-15-13-16-23-45)63(97)82(6)39-55(91)79-49(28-26-46-25-27-47(48(72)36-46)71(76,77)78)62(96)89-34-21-24-50(89)60(94)81-69(30-17-18-31-69)68(102)87(11)58(42(2)3)67(101)86(10)53(65(99)88-32-19-14-20-33-88)38-56(92)84(8)54(59(93)80-57)40-103-41-70(73,74)75/h42-54,57-58H,12-41H2,1-11H3,(H,79,91)(H,80,93)(H,81,94)/t43-,44-,46?,47?,48?,49-,50-,51-,52-,53-,54-,57-,58-/m0/s1. The van der Waals surface area contributed by atoms with Crippen LogP contribution in [0.1, 0.15) is 182 Å². The highest BCUT2D eigenvalue weighted by Crippen LogP contribution is 2.44. The van der Waals surface area contributed by atoms with Gasteiger partial charge in [-0.2, -0.15) is 26.3 Å². The molecule has 7 fully saturated rings. The van der Waals surface area contributed by atoms with E-state index >= 15 is 19.2 Å². The molecule has 1 spiro atoms. The fraction of sp³-hybridized carbons (Fsp3) is 0.831. The summed E-state index contributed by atoms with van der Waals surface area (Å²) < 4.78 is 88.5. The Bertz CT molecular complexity index is 3040. The van der Waals surface area contributed by atoms with Crippen molar-refractivity contribution < 1.29 is 88.6 Å². The Kier molecular flexibility index (Phi) is 29.4. The zero-order chi connectivity index (χ0) is 76.3. The van der Waals surface area contributed by atoms with Gasteiger partial charge in [-0.1, -0.05) is 79.1 Å². The number of likely N-dealkylation sites (N-methyl/N-ethyl adjacent to an activating group) is 6. The molecule has 3 saturated carbocycles. The van der Waals surface area contributed by atoms with Crippen LogP contribution in [0.25, 0.3) is 0 Å². The van der Waals surface area contributed by atoms with Crippen molar-refractivity contribution in [1.82, 2.24) is 60.0 Å². The number of halogens is 7. The summed E-state index contributed by atoms with van der Waals surface area (Å²) in [7, 11) is 7.86. The topological polar surface area (TPSA) is 279 Å². The maximum absolute atomic E-state index is 15.4. The molecule has 0 aromatic rings. The largest absolute Gasteiger partial charge is 0.411 e. The number of nitrogens with one attached hydrogen (secondary N) is 3. The van der Waals surface area contributed by atoms with Gasteiger partial charge in [-0.05, 0) is 120 Å². The highest BCUT2D eigenvalue weighted by atomic mass is 35.5. The van der Waals surface area contributed by atoms with Crippen LogP contribution < -0.4 is 16.0 Å². The van der Waals surface area contributed by atoms with Crippen LogP contribution in [-0.2, 0) is 62.3 Å². The first kappa shape index (κ1) is 83.7. The Hall–Kier alpha value is -6.53. The number of rotatable bonds is 12. The number of carbonyl (C=O) groups is 12. The van der Waals surface area contributed by atoms with Crippen LogP contribution in [0.2, 0.25) is 0 Å². The van der Waals surface area contributed by atoms with Crippen molar-refractivity contribution in [3.05, 3.63) is 0 Å². The minimum absolute atomic E-state index is 0.0168. The number of piperidine rings is 1. The van der Waals surface area contributed by atoms with Crippen molar-refractivity contribution in [2.24, 2.45) is 29.6 Å². The number of hydrogen-bond acceptors (Lipinski definition) is 13. The molecule has 4 aliphatic heterocycles. The van der Waals surface area contributed by atoms with Crippen LogP contribution in [0.15, 0.2) is 0 Å². The molecular weight excluding hydrogens is 1380 g/mol. The van der Waals surface area contributed by atoms with Gasteiger partial charge in [0, 0.05) is 73.8 Å². The fourth-order valence-corrected chi connectivity index (χ4v) is 16.8. The molecule has 7 rings (SSSR count). The highest BCUT2D eigenvalue weighted by Gasteiger charge is 2.53. The lowest BCUT2D eigenvalue weighted by atomic mass is 9.78. The van der Waals surface area contributed by atoms with E-state index in [-0.39, 0.29) is 103 Å². The Labute approximate surface area is 606 Å². The van der Waals surface area contributed by atoms with E-state index in [0.29, 0.717) is 32.1 Å². The summed E-state index contributed by atoms with van der Waals surface area (Å²) >= 11 is 6.39. The molecular formula is C71H111ClF6N12O13. The van der Waals surface area contributed by atoms with Crippen LogP contribution in [-0.4, -0.2) is 281 Å². The van der Waals surface area contributed by atoms with Crippen LogP contribution in [0.5, 0.6) is 0 Å². The SMILES string of the molecule is CC[C@H](C)[C@@H]1NC(=O)[C@H](COCC(F)(F)F)N(C)C(=O)C[C@@H](C(=O)N2CCCCC2)N(C)C(=O)[C@H](C(C)C)N(C)C(=O)C2(CCCC2)NC(=O)[C@@H]2CCCN2C(=O)[C@H](CCC2CCC(C(F)(F)F)C(Cl)C2)NC(=O)CN(C)C(=O)[C@H](CC2CCCCC2)N(C)C(=O)[C@@H]2CCN2C(=O)[C@H](C)N(C)C1=O. The van der Waals surface area contributed by atoms with Crippen molar-refractivity contribution in [2.75, 3.05) is 88.2 Å². The minimum Gasteiger partial charge on any atom is -0.369 e. The average molecular weight is 1490 g/mol. The van der Waals surface area contributed by atoms with Crippen LogP contribution in [0.3, 0.4) is 0 Å². The van der Waals surface area contributed by atoms with Crippen LogP contribution >= 0.6 is 11.6 Å². The Morgan fingerprint density at radius 2 is 1.24 bits per heavy atom. The third kappa shape index (κ3) is 20.5. The second kappa shape index (κ2) is 36.2. The van der Waals surface area contributed by atoms with Crippen molar-refractivity contribution in [3.8, 4) is 0 Å². The van der Waals surface area contributed by atoms with Crippen molar-refractivity contribution in [2.45, 2.75) is 260 Å². The lowest BCUT2D eigenvalue weighted by molar-refractivity contribution is -0.182. The van der Waals surface area contributed by atoms with E-state index in [9.17, 15) is 64.7 Å². The van der Waals surface area contributed by atoms with Crippen LogP contribution in [0, 0.1) is 29.6 Å². The zero-order valence-electron chi connectivity index (χ0n) is 61.9. The van der Waals surface area contributed by atoms with E-state index in [1.807, 2.05) is 0 Å². The van der Waals surface area contributed by atoms with Gasteiger partial charge in [-0.25, -0.2) is 0 Å². The molecule has 3 N–H and O–H groups in total. The van der Waals surface area contributed by atoms with Crippen molar-refractivity contribution in [1.29, 1.82) is 0 Å². The minimum atomic E-state index is -4.90. The molecule has 3 unspecified atom stereocenters. The number of nitrogens with zero attached hydrogens (tertiary/aromatic N) is 9. The summed E-state index contributed by atoms with van der Waals surface area (Å²) in [5, 5.41) is 7.17. The maximum atomic E-state index is 15.4. The van der Waals surface area contributed by atoms with E-state index < -0.39 is 198 Å². The van der Waals surface area contributed by atoms with Gasteiger partial charge in [0.15, 0.2) is 0 Å². The van der Waals surface area contributed by atoms with Gasteiger partial charge in [-0.15, -0.1) is 11.6 Å². The van der Waals surface area contributed by atoms with Gasteiger partial charge >= 0.3 is 12.4 Å². The molecule has 4 saturated heterocycles. The van der Waals surface area contributed by atoms with Gasteiger partial charge in [0.25, 0.3) is 0 Å². The molecule has 0 radical (unpaired) electrons. The summed E-state index contributed by atoms with van der Waals surface area (Å²) in [6, 6.07) is -12.6. The molecule has 103 heavy (non-hydrogen) atoms. The smallest absolute Gasteiger partial charge is 0.369 e. The number of alkyl halides is 7. The molecule has 582 valence electrons. The summed E-state index contributed by atoms with van der Waals surface area (Å²) in [5.74, 6) is -12.8. The lowest BCUT2D eigenvalue weighted by Crippen LogP contribution is -2.65. The lowest BCUT2D eigenvalue weighted by Gasteiger charge is -2.45. The Morgan fingerprint density at radius 1 is 0.612 bits per heavy atom. The molecule has 3 aliphatic carbocycles. The third-order valence-corrected chi connectivity index (χ3v) is 23.6. The van der Waals surface area contributed by atoms with E-state index in [1.54, 1.807) is 27.7 Å². The summed E-state index contributed by atoms with van der Waals surface area (Å²) in [6.45, 7) is 5.06. The quantitative estimate of drug-likeness (QED) is 0.158. The van der Waals surface area contributed by atoms with E-state index in [0.717, 1.165) is 65.2 Å². The number of hydrogen-bond donors (Lipinski definition) is 3.